The van der Waals surface area contributed by atoms with Crippen LogP contribution < -0.4 is 5.73 Å². The zero-order valence-corrected chi connectivity index (χ0v) is 12.1. The molecule has 3 rings (SSSR count). The molecule has 1 aliphatic heterocycles. The van der Waals surface area contributed by atoms with Crippen molar-refractivity contribution in [3.05, 3.63) is 16.1 Å². The summed E-state index contributed by atoms with van der Waals surface area (Å²) in [6.07, 6.45) is 2.10. The Hall–Kier alpha value is -0.970. The highest BCUT2D eigenvalue weighted by molar-refractivity contribution is 14.1. The van der Waals surface area contributed by atoms with Gasteiger partial charge in [0.05, 0.1) is 18.1 Å². The number of nitrogen functional groups attached to an aromatic ring is 1. The number of nitrogens with two attached hydrogens (primary N) is 1. The quantitative estimate of drug-likeness (QED) is 0.650. The van der Waals surface area contributed by atoms with Crippen LogP contribution in [0.1, 0.15) is 12.6 Å². The van der Waals surface area contributed by atoms with Gasteiger partial charge in [-0.25, -0.2) is 9.97 Å². The number of rotatable bonds is 2. The molecule has 3 atom stereocenters. The highest BCUT2D eigenvalue weighted by Crippen LogP contribution is 2.34. The van der Waals surface area contributed by atoms with Gasteiger partial charge in [0.15, 0.2) is 0 Å². The monoisotopic (exact) mass is 376 g/mol. The van der Waals surface area contributed by atoms with Crippen molar-refractivity contribution in [2.24, 2.45) is 0 Å². The number of hydrogen-bond acceptors (Lipinski definition) is 6. The van der Waals surface area contributed by atoms with Gasteiger partial charge in [-0.1, -0.05) is 0 Å². The molecule has 8 heteroatoms. The largest absolute Gasteiger partial charge is 0.394 e. The van der Waals surface area contributed by atoms with Gasteiger partial charge in [-0.15, -0.1) is 0 Å². The zero-order chi connectivity index (χ0) is 13.6. The first-order chi connectivity index (χ1) is 9.11. The van der Waals surface area contributed by atoms with Crippen molar-refractivity contribution in [3.8, 4) is 0 Å². The van der Waals surface area contributed by atoms with Gasteiger partial charge in [0, 0.05) is 16.2 Å². The first-order valence-corrected chi connectivity index (χ1v) is 6.90. The first kappa shape index (κ1) is 13.0. The summed E-state index contributed by atoms with van der Waals surface area (Å²) in [4.78, 5) is 8.20. The summed E-state index contributed by atoms with van der Waals surface area (Å²) in [5.74, 6) is 0.422. The molecule has 1 aliphatic rings. The number of fused-ring (bicyclic) bond motifs is 1. The van der Waals surface area contributed by atoms with Gasteiger partial charge in [-0.2, -0.15) is 0 Å². The molecule has 1 fully saturated rings. The highest BCUT2D eigenvalue weighted by atomic mass is 127. The summed E-state index contributed by atoms with van der Waals surface area (Å²) in [6.45, 7) is -0.203. The Morgan fingerprint density at radius 2 is 2.32 bits per heavy atom. The third-order valence-corrected chi connectivity index (χ3v) is 4.10. The summed E-state index contributed by atoms with van der Waals surface area (Å²) in [6, 6.07) is 0. The van der Waals surface area contributed by atoms with E-state index in [0.717, 1.165) is 8.96 Å². The molecule has 0 bridgehead atoms. The van der Waals surface area contributed by atoms with Crippen LogP contribution in [0.4, 0.5) is 5.82 Å². The molecular weight excluding hydrogens is 363 g/mol. The number of ether oxygens (including phenoxy) is 1. The molecule has 1 saturated heterocycles. The van der Waals surface area contributed by atoms with E-state index in [4.69, 9.17) is 15.6 Å². The minimum Gasteiger partial charge on any atom is -0.394 e. The smallest absolute Gasteiger partial charge is 0.148 e. The summed E-state index contributed by atoms with van der Waals surface area (Å²) in [5.41, 5.74) is 6.52. The second-order valence-corrected chi connectivity index (χ2v) is 5.62. The minimum absolute atomic E-state index is 0.203. The average molecular weight is 376 g/mol. The van der Waals surface area contributed by atoms with E-state index < -0.39 is 12.2 Å². The lowest BCUT2D eigenvalue weighted by atomic mass is 10.2. The van der Waals surface area contributed by atoms with Crippen LogP contribution in [0.3, 0.4) is 0 Å². The SMILES string of the molecule is Nc1ncnc2c1c(I)cn2[C@H]1C[C@@H](O)C(CO)O1. The Morgan fingerprint density at radius 1 is 1.53 bits per heavy atom. The lowest BCUT2D eigenvalue weighted by molar-refractivity contribution is -0.0430. The molecule has 0 aliphatic carbocycles. The fourth-order valence-corrected chi connectivity index (χ4v) is 3.15. The molecule has 3 heterocycles. The summed E-state index contributed by atoms with van der Waals surface area (Å²) in [5, 5.41) is 19.7. The number of hydrogen-bond donors (Lipinski definition) is 3. The third kappa shape index (κ3) is 2.08. The van der Waals surface area contributed by atoms with Gasteiger partial charge in [-0.05, 0) is 22.6 Å². The highest BCUT2D eigenvalue weighted by Gasteiger charge is 2.35. The van der Waals surface area contributed by atoms with Gasteiger partial charge < -0.3 is 25.3 Å². The lowest BCUT2D eigenvalue weighted by Crippen LogP contribution is -2.24. The Labute approximate surface area is 122 Å². The third-order valence-electron chi connectivity index (χ3n) is 3.29. The molecule has 19 heavy (non-hydrogen) atoms. The van der Waals surface area contributed by atoms with Crippen LogP contribution in [0.5, 0.6) is 0 Å². The van der Waals surface area contributed by atoms with Crippen molar-refractivity contribution in [2.45, 2.75) is 24.9 Å². The van der Waals surface area contributed by atoms with Gasteiger partial charge in [0.1, 0.15) is 30.1 Å². The normalized spacial score (nSPS) is 27.2. The van der Waals surface area contributed by atoms with Gasteiger partial charge in [0.25, 0.3) is 0 Å². The molecule has 0 amide bonds. The number of nitrogens with zero attached hydrogens (tertiary/aromatic N) is 3. The molecule has 4 N–H and O–H groups in total. The van der Waals surface area contributed by atoms with E-state index in [-0.39, 0.29) is 12.8 Å². The molecule has 102 valence electrons. The van der Waals surface area contributed by atoms with Crippen molar-refractivity contribution in [2.75, 3.05) is 12.3 Å². The number of aliphatic hydroxyl groups excluding tert-OH is 2. The Balaban J connectivity index is 2.05. The maximum atomic E-state index is 9.80. The number of aromatic nitrogens is 3. The molecule has 2 aromatic heterocycles. The number of aliphatic hydroxyl groups is 2. The Morgan fingerprint density at radius 3 is 3.00 bits per heavy atom. The van der Waals surface area contributed by atoms with E-state index in [1.165, 1.54) is 6.33 Å². The summed E-state index contributed by atoms with van der Waals surface area (Å²) >= 11 is 2.16. The molecule has 1 unspecified atom stereocenters. The van der Waals surface area contributed by atoms with Crippen LogP contribution in [-0.4, -0.2) is 43.6 Å². The van der Waals surface area contributed by atoms with Crippen LogP contribution in [0.15, 0.2) is 12.5 Å². The van der Waals surface area contributed by atoms with E-state index in [1.807, 2.05) is 10.8 Å². The Bertz CT molecular complexity index is 617. The topological polar surface area (TPSA) is 106 Å². The van der Waals surface area contributed by atoms with Crippen molar-refractivity contribution in [1.29, 1.82) is 0 Å². The standard InChI is InChI=1S/C11H13IN4O3/c12-5-2-16(8-1-6(18)7(3-17)19-8)11-9(5)10(13)14-4-15-11/h2,4,6-8,17-18H,1,3H2,(H2,13,14,15)/t6-,7?,8-/m1/s1. The molecular formula is C11H13IN4O3. The lowest BCUT2D eigenvalue weighted by Gasteiger charge is -2.14. The van der Waals surface area contributed by atoms with E-state index >= 15 is 0 Å². The van der Waals surface area contributed by atoms with Gasteiger partial charge in [0.2, 0.25) is 0 Å². The first-order valence-electron chi connectivity index (χ1n) is 5.82. The molecule has 0 spiro atoms. The molecule has 0 radical (unpaired) electrons. The van der Waals surface area contributed by atoms with Crippen LogP contribution in [-0.2, 0) is 4.74 Å². The van der Waals surface area contributed by atoms with Crippen LogP contribution in [0.2, 0.25) is 0 Å². The van der Waals surface area contributed by atoms with E-state index in [1.54, 1.807) is 0 Å². The predicted octanol–water partition coefficient (Wildman–Crippen LogP) is 0.259. The molecule has 0 aromatic carbocycles. The van der Waals surface area contributed by atoms with Gasteiger partial charge >= 0.3 is 0 Å². The number of anilines is 1. The van der Waals surface area contributed by atoms with Crippen LogP contribution in [0, 0.1) is 3.57 Å². The van der Waals surface area contributed by atoms with Crippen LogP contribution in [0.25, 0.3) is 11.0 Å². The predicted molar refractivity (Wildman–Crippen MR) is 76.3 cm³/mol. The second-order valence-electron chi connectivity index (χ2n) is 4.46. The second kappa shape index (κ2) is 4.85. The summed E-state index contributed by atoms with van der Waals surface area (Å²) in [7, 11) is 0. The average Bonchev–Trinajstić information content (AvgIpc) is 2.91. The van der Waals surface area contributed by atoms with Crippen molar-refractivity contribution in [3.63, 3.8) is 0 Å². The maximum absolute atomic E-state index is 9.80. The van der Waals surface area contributed by atoms with E-state index in [2.05, 4.69) is 32.6 Å². The van der Waals surface area contributed by atoms with Crippen LogP contribution >= 0.6 is 22.6 Å². The number of halogens is 1. The summed E-state index contributed by atoms with van der Waals surface area (Å²) < 4.78 is 8.38. The Kier molecular flexibility index (Phi) is 3.33. The van der Waals surface area contributed by atoms with Crippen molar-refractivity contribution >= 4 is 39.4 Å². The zero-order valence-electron chi connectivity index (χ0n) is 9.90. The molecule has 7 nitrogen and oxygen atoms in total. The maximum Gasteiger partial charge on any atom is 0.148 e. The molecule has 2 aromatic rings. The molecule has 0 saturated carbocycles. The fourth-order valence-electron chi connectivity index (χ4n) is 2.33. The fraction of sp³-hybridized carbons (Fsp3) is 0.455. The van der Waals surface area contributed by atoms with Gasteiger partial charge in [-0.3, -0.25) is 0 Å². The minimum atomic E-state index is -0.677. The van der Waals surface area contributed by atoms with E-state index in [9.17, 15) is 5.11 Å². The van der Waals surface area contributed by atoms with E-state index in [0.29, 0.717) is 17.9 Å². The van der Waals surface area contributed by atoms with Crippen molar-refractivity contribution < 1.29 is 14.9 Å². The van der Waals surface area contributed by atoms with Crippen molar-refractivity contribution in [1.82, 2.24) is 14.5 Å².